The summed E-state index contributed by atoms with van der Waals surface area (Å²) in [5.74, 6) is 0. The van der Waals surface area contributed by atoms with Crippen molar-refractivity contribution < 1.29 is 9.47 Å². The summed E-state index contributed by atoms with van der Waals surface area (Å²) in [5, 5.41) is 6.84. The molecule has 0 aromatic heterocycles. The minimum atomic E-state index is -0.305. The first-order valence-corrected chi connectivity index (χ1v) is 6.30. The van der Waals surface area contributed by atoms with E-state index in [1.165, 1.54) is 0 Å². The van der Waals surface area contributed by atoms with Crippen molar-refractivity contribution in [1.82, 2.24) is 0 Å². The van der Waals surface area contributed by atoms with Gasteiger partial charge in [0.1, 0.15) is 0 Å². The second-order valence-corrected chi connectivity index (χ2v) is 3.72. The van der Waals surface area contributed by atoms with Gasteiger partial charge in [-0.2, -0.15) is 0 Å². The molecule has 108 valence electrons. The fraction of sp³-hybridized carbons (Fsp3) is 1.00. The Kier molecular flexibility index (Phi) is 13.4. The van der Waals surface area contributed by atoms with Crippen LogP contribution in [0, 0.1) is 0 Å². The minimum Gasteiger partial charge on any atom is -0.353 e. The highest BCUT2D eigenvalue weighted by molar-refractivity contribution is 4.52. The molecule has 0 atom stereocenters. The van der Waals surface area contributed by atoms with Gasteiger partial charge >= 0.3 is 0 Å². The van der Waals surface area contributed by atoms with Gasteiger partial charge in [0.15, 0.2) is 6.29 Å². The maximum atomic E-state index is 8.12. The number of nitrogens with zero attached hydrogens (tertiary/aromatic N) is 6. The van der Waals surface area contributed by atoms with Crippen molar-refractivity contribution in [2.45, 2.75) is 32.0 Å². The molecule has 0 saturated heterocycles. The number of hydrogen-bond acceptors (Lipinski definition) is 5. The molecule has 0 aromatic rings. The Balaban J connectivity index is 3.73. The van der Waals surface area contributed by atoms with Gasteiger partial charge in [-0.3, -0.25) is 0 Å². The molecule has 0 aromatic carbocycles. The molecule has 0 spiro atoms. The molecule has 0 unspecified atom stereocenters. The third kappa shape index (κ3) is 12.7. The van der Waals surface area contributed by atoms with Crippen LogP contribution in [0.1, 0.15) is 25.7 Å². The molecule has 2 N–H and O–H groups in total. The van der Waals surface area contributed by atoms with Crippen LogP contribution in [0.15, 0.2) is 10.2 Å². The van der Waals surface area contributed by atoms with Crippen LogP contribution in [-0.4, -0.2) is 39.1 Å². The van der Waals surface area contributed by atoms with Crippen LogP contribution in [0.25, 0.3) is 20.9 Å². The summed E-state index contributed by atoms with van der Waals surface area (Å²) < 4.78 is 11.1. The van der Waals surface area contributed by atoms with Crippen LogP contribution in [0.4, 0.5) is 0 Å². The third-order valence-electron chi connectivity index (χ3n) is 2.18. The smallest absolute Gasteiger partial charge is 0.157 e. The highest BCUT2D eigenvalue weighted by Gasteiger charge is 2.08. The Morgan fingerprint density at radius 1 is 0.947 bits per heavy atom. The number of rotatable bonds is 13. The lowest BCUT2D eigenvalue weighted by molar-refractivity contribution is -0.146. The van der Waals surface area contributed by atoms with Gasteiger partial charge in [-0.15, -0.1) is 0 Å². The molecule has 0 bridgehead atoms. The maximum absolute atomic E-state index is 8.12. The Morgan fingerprint density at radius 3 is 1.89 bits per heavy atom. The fourth-order valence-electron chi connectivity index (χ4n) is 1.29. The van der Waals surface area contributed by atoms with Gasteiger partial charge in [-0.25, -0.2) is 0 Å². The van der Waals surface area contributed by atoms with Gasteiger partial charge in [0.05, 0.1) is 0 Å². The van der Waals surface area contributed by atoms with Crippen LogP contribution in [0.3, 0.4) is 0 Å². The topological polar surface area (TPSA) is 142 Å². The lowest BCUT2D eigenvalue weighted by Crippen LogP contribution is -2.20. The van der Waals surface area contributed by atoms with Crippen LogP contribution >= 0.6 is 0 Å². The molecule has 19 heavy (non-hydrogen) atoms. The fourth-order valence-corrected chi connectivity index (χ4v) is 1.29. The van der Waals surface area contributed by atoms with Gasteiger partial charge in [0.2, 0.25) is 0 Å². The molecule has 0 fully saturated rings. The zero-order valence-electron chi connectivity index (χ0n) is 11.0. The Morgan fingerprint density at radius 2 is 1.47 bits per heavy atom. The average molecular weight is 271 g/mol. The average Bonchev–Trinajstić information content (AvgIpc) is 2.43. The van der Waals surface area contributed by atoms with E-state index in [0.717, 1.165) is 12.8 Å². The number of hydrogen-bond donors (Lipinski definition) is 1. The molecule has 9 nitrogen and oxygen atoms in total. The first-order valence-electron chi connectivity index (χ1n) is 6.30. The molecule has 0 rings (SSSR count). The van der Waals surface area contributed by atoms with Crippen molar-refractivity contribution in [3.63, 3.8) is 0 Å². The monoisotopic (exact) mass is 271 g/mol. The van der Waals surface area contributed by atoms with Gasteiger partial charge in [-0.1, -0.05) is 10.2 Å². The van der Waals surface area contributed by atoms with E-state index < -0.39 is 0 Å². The highest BCUT2D eigenvalue weighted by Crippen LogP contribution is 2.05. The van der Waals surface area contributed by atoms with Crippen LogP contribution in [0.2, 0.25) is 0 Å². The van der Waals surface area contributed by atoms with Crippen LogP contribution in [-0.2, 0) is 9.47 Å². The molecule has 0 radical (unpaired) electrons. The number of ether oxygens (including phenoxy) is 2. The van der Waals surface area contributed by atoms with E-state index in [2.05, 4.69) is 20.1 Å². The van der Waals surface area contributed by atoms with Gasteiger partial charge in [-0.05, 0) is 43.3 Å². The Labute approximate surface area is 112 Å². The van der Waals surface area contributed by atoms with E-state index in [4.69, 9.17) is 26.3 Å². The van der Waals surface area contributed by atoms with Crippen LogP contribution in [0.5, 0.6) is 0 Å². The summed E-state index contributed by atoms with van der Waals surface area (Å²) in [7, 11) is 0. The summed E-state index contributed by atoms with van der Waals surface area (Å²) in [6.07, 6.45) is 2.55. The SMILES string of the molecule is [N-]=[N+]=NCCCOC(CCCN)OCCCN=[N+]=[N-]. The van der Waals surface area contributed by atoms with Crippen molar-refractivity contribution >= 4 is 0 Å². The molecule has 0 aliphatic carbocycles. The third-order valence-corrected chi connectivity index (χ3v) is 2.18. The van der Waals surface area contributed by atoms with E-state index in [1.807, 2.05) is 0 Å². The minimum absolute atomic E-state index is 0.305. The predicted molar refractivity (Wildman–Crippen MR) is 71.2 cm³/mol. The quantitative estimate of drug-likeness (QED) is 0.181. The van der Waals surface area contributed by atoms with Crippen molar-refractivity contribution in [3.05, 3.63) is 20.9 Å². The van der Waals surface area contributed by atoms with E-state index >= 15 is 0 Å². The second-order valence-electron chi connectivity index (χ2n) is 3.72. The molecular weight excluding hydrogens is 250 g/mol. The molecule has 0 amide bonds. The lowest BCUT2D eigenvalue weighted by Gasteiger charge is -2.18. The molecule has 0 heterocycles. The number of azide groups is 2. The molecule has 0 saturated carbocycles. The summed E-state index contributed by atoms with van der Waals surface area (Å²) in [6.45, 7) is 2.36. The molecular formula is C10H21N7O2. The molecule has 9 heteroatoms. The highest BCUT2D eigenvalue weighted by atomic mass is 16.7. The van der Waals surface area contributed by atoms with Gasteiger partial charge < -0.3 is 15.2 Å². The predicted octanol–water partition coefficient (Wildman–Crippen LogP) is 2.49. The van der Waals surface area contributed by atoms with Gasteiger partial charge in [0.25, 0.3) is 0 Å². The first kappa shape index (κ1) is 17.5. The summed E-state index contributed by atoms with van der Waals surface area (Å²) in [4.78, 5) is 5.32. The van der Waals surface area contributed by atoms with Gasteiger partial charge in [0, 0.05) is 36.1 Å². The zero-order valence-corrected chi connectivity index (χ0v) is 11.0. The first-order chi connectivity index (χ1) is 9.35. The van der Waals surface area contributed by atoms with E-state index in [9.17, 15) is 0 Å². The van der Waals surface area contributed by atoms with E-state index in [-0.39, 0.29) is 6.29 Å². The molecule has 0 aliphatic rings. The van der Waals surface area contributed by atoms with Crippen molar-refractivity contribution in [2.24, 2.45) is 16.0 Å². The normalized spacial score (nSPS) is 11.4. The molecule has 0 aliphatic heterocycles. The second kappa shape index (κ2) is 14.6. The summed E-state index contributed by atoms with van der Waals surface area (Å²) in [5.41, 5.74) is 21.7. The van der Waals surface area contributed by atoms with E-state index in [1.54, 1.807) is 0 Å². The van der Waals surface area contributed by atoms with Crippen molar-refractivity contribution in [2.75, 3.05) is 32.8 Å². The summed E-state index contributed by atoms with van der Waals surface area (Å²) >= 11 is 0. The number of nitrogens with two attached hydrogens (primary N) is 1. The van der Waals surface area contributed by atoms with Crippen LogP contribution < -0.4 is 5.73 Å². The standard InChI is InChI=1S/C10H21N7O2/c11-5-1-4-10(18-8-2-6-14-16-12)19-9-3-7-15-17-13/h10H,1-9,11H2. The zero-order chi connectivity index (χ0) is 14.2. The largest absolute Gasteiger partial charge is 0.353 e. The Hall–Kier alpha value is -1.50. The Bertz CT molecular complexity index is 274. The maximum Gasteiger partial charge on any atom is 0.157 e. The van der Waals surface area contributed by atoms with Crippen molar-refractivity contribution in [3.8, 4) is 0 Å². The lowest BCUT2D eigenvalue weighted by atomic mass is 10.3. The van der Waals surface area contributed by atoms with E-state index in [0.29, 0.717) is 45.7 Å². The van der Waals surface area contributed by atoms with Crippen molar-refractivity contribution in [1.29, 1.82) is 0 Å². The summed E-state index contributed by atoms with van der Waals surface area (Å²) in [6, 6.07) is 0.